The van der Waals surface area contributed by atoms with Crippen molar-refractivity contribution in [2.24, 2.45) is 4.99 Å². The summed E-state index contributed by atoms with van der Waals surface area (Å²) < 4.78 is 26.6. The first-order chi connectivity index (χ1) is 11.1. The van der Waals surface area contributed by atoms with E-state index in [0.29, 0.717) is 12.5 Å². The molecule has 1 amide bonds. The minimum atomic E-state index is -3.46. The van der Waals surface area contributed by atoms with Crippen LogP contribution < -0.4 is 20.7 Å². The number of aliphatic imine (C=N–C) groups is 1. The highest BCUT2D eigenvalue weighted by Crippen LogP contribution is 2.14. The van der Waals surface area contributed by atoms with E-state index in [-0.39, 0.29) is 52.7 Å². The first-order valence-corrected chi connectivity index (χ1v) is 9.79. The standard InChI is InChI=1S/C14H25N5O3S2.HI/c1-14(2,3)19-11(20)10-17-13(15-4)16-7-8-18-24(21,22)12-6-5-9-23-12;/h5-6,9,18H,7-8,10H2,1-4H3,(H,19,20)(H2,15,16,17);1H. The van der Waals surface area contributed by atoms with Crippen LogP contribution in [0.1, 0.15) is 20.8 Å². The van der Waals surface area contributed by atoms with Crippen molar-refractivity contribution in [1.29, 1.82) is 0 Å². The van der Waals surface area contributed by atoms with E-state index in [1.165, 1.54) is 0 Å². The van der Waals surface area contributed by atoms with Crippen molar-refractivity contribution in [1.82, 2.24) is 20.7 Å². The number of nitrogens with zero attached hydrogens (tertiary/aromatic N) is 1. The van der Waals surface area contributed by atoms with Gasteiger partial charge in [0, 0.05) is 25.7 Å². The van der Waals surface area contributed by atoms with E-state index in [2.05, 4.69) is 25.7 Å². The molecule has 0 radical (unpaired) electrons. The fourth-order valence-corrected chi connectivity index (χ4v) is 3.77. The van der Waals surface area contributed by atoms with Crippen LogP contribution in [0.15, 0.2) is 26.7 Å². The van der Waals surface area contributed by atoms with E-state index in [1.807, 2.05) is 20.8 Å². The summed E-state index contributed by atoms with van der Waals surface area (Å²) in [6.07, 6.45) is 0. The van der Waals surface area contributed by atoms with E-state index >= 15 is 0 Å². The van der Waals surface area contributed by atoms with Crippen molar-refractivity contribution in [2.45, 2.75) is 30.5 Å². The second-order valence-electron chi connectivity index (χ2n) is 5.98. The maximum Gasteiger partial charge on any atom is 0.250 e. The minimum absolute atomic E-state index is 0. The molecule has 0 aliphatic rings. The highest BCUT2D eigenvalue weighted by Gasteiger charge is 2.15. The number of carbonyl (C=O) groups is 1. The maximum atomic E-state index is 11.9. The number of hydrogen-bond acceptors (Lipinski definition) is 5. The van der Waals surface area contributed by atoms with Gasteiger partial charge < -0.3 is 16.0 Å². The minimum Gasteiger partial charge on any atom is -0.355 e. The van der Waals surface area contributed by atoms with E-state index in [1.54, 1.807) is 24.6 Å². The zero-order valence-electron chi connectivity index (χ0n) is 14.8. The third-order valence-electron chi connectivity index (χ3n) is 2.62. The number of thiophene rings is 1. The van der Waals surface area contributed by atoms with Crippen molar-refractivity contribution in [3.63, 3.8) is 0 Å². The predicted octanol–water partition coefficient (Wildman–Crippen LogP) is 0.724. The monoisotopic (exact) mass is 503 g/mol. The fraction of sp³-hybridized carbons (Fsp3) is 0.571. The normalized spacial score (nSPS) is 12.2. The molecule has 4 N–H and O–H groups in total. The van der Waals surface area contributed by atoms with Gasteiger partial charge in [-0.05, 0) is 32.2 Å². The van der Waals surface area contributed by atoms with Gasteiger partial charge >= 0.3 is 0 Å². The first kappa shape index (κ1) is 24.1. The van der Waals surface area contributed by atoms with Gasteiger partial charge in [-0.2, -0.15) is 0 Å². The van der Waals surface area contributed by atoms with Gasteiger partial charge in [-0.15, -0.1) is 35.3 Å². The Kier molecular flexibility index (Phi) is 10.5. The highest BCUT2D eigenvalue weighted by atomic mass is 127. The molecule has 0 aromatic carbocycles. The molecular weight excluding hydrogens is 477 g/mol. The van der Waals surface area contributed by atoms with Gasteiger partial charge in [0.15, 0.2) is 5.96 Å². The van der Waals surface area contributed by atoms with Gasteiger partial charge in [-0.25, -0.2) is 13.1 Å². The van der Waals surface area contributed by atoms with E-state index in [4.69, 9.17) is 0 Å². The Balaban J connectivity index is 0.00000576. The number of halogens is 1. The van der Waals surface area contributed by atoms with Gasteiger partial charge in [0.2, 0.25) is 15.9 Å². The number of amides is 1. The summed E-state index contributed by atoms with van der Waals surface area (Å²) in [5, 5.41) is 10.3. The molecule has 0 saturated carbocycles. The van der Waals surface area contributed by atoms with Crippen molar-refractivity contribution >= 4 is 57.2 Å². The summed E-state index contributed by atoms with van der Waals surface area (Å²) >= 11 is 1.16. The van der Waals surface area contributed by atoms with Crippen LogP contribution in [-0.2, 0) is 14.8 Å². The third-order valence-corrected chi connectivity index (χ3v) is 5.48. The fourth-order valence-electron chi connectivity index (χ4n) is 1.70. The zero-order chi connectivity index (χ0) is 18.2. The smallest absolute Gasteiger partial charge is 0.250 e. The summed E-state index contributed by atoms with van der Waals surface area (Å²) in [6.45, 7) is 6.32. The van der Waals surface area contributed by atoms with E-state index in [9.17, 15) is 13.2 Å². The quantitative estimate of drug-likeness (QED) is 0.190. The molecule has 0 spiro atoms. The molecule has 25 heavy (non-hydrogen) atoms. The second kappa shape index (κ2) is 10.9. The molecule has 0 bridgehead atoms. The number of hydrogen-bond donors (Lipinski definition) is 4. The van der Waals surface area contributed by atoms with Gasteiger partial charge in [0.1, 0.15) is 4.21 Å². The van der Waals surface area contributed by atoms with Gasteiger partial charge in [0.25, 0.3) is 0 Å². The molecule has 1 aromatic rings. The van der Waals surface area contributed by atoms with Crippen LogP contribution in [0.2, 0.25) is 0 Å². The number of carbonyl (C=O) groups excluding carboxylic acids is 1. The van der Waals surface area contributed by atoms with Crippen molar-refractivity contribution in [3.8, 4) is 0 Å². The van der Waals surface area contributed by atoms with Crippen LogP contribution in [0.4, 0.5) is 0 Å². The van der Waals surface area contributed by atoms with Gasteiger partial charge in [-0.1, -0.05) is 6.07 Å². The average Bonchev–Trinajstić information content (AvgIpc) is 2.99. The van der Waals surface area contributed by atoms with Gasteiger partial charge in [-0.3, -0.25) is 9.79 Å². The molecule has 0 atom stereocenters. The van der Waals surface area contributed by atoms with Crippen LogP contribution in [0.5, 0.6) is 0 Å². The Bertz CT molecular complexity index is 655. The van der Waals surface area contributed by atoms with E-state index in [0.717, 1.165) is 11.3 Å². The lowest BCUT2D eigenvalue weighted by Gasteiger charge is -2.21. The first-order valence-electron chi connectivity index (χ1n) is 7.43. The largest absolute Gasteiger partial charge is 0.355 e. The topological polar surface area (TPSA) is 112 Å². The van der Waals surface area contributed by atoms with Crippen molar-refractivity contribution in [3.05, 3.63) is 17.5 Å². The number of sulfonamides is 1. The molecule has 1 aromatic heterocycles. The molecule has 0 aliphatic carbocycles. The summed E-state index contributed by atoms with van der Waals surface area (Å²) in [4.78, 5) is 15.7. The Morgan fingerprint density at radius 3 is 2.44 bits per heavy atom. The number of nitrogens with one attached hydrogen (secondary N) is 4. The van der Waals surface area contributed by atoms with Crippen molar-refractivity contribution in [2.75, 3.05) is 26.7 Å². The summed E-state index contributed by atoms with van der Waals surface area (Å²) in [5.74, 6) is 0.276. The maximum absolute atomic E-state index is 11.9. The molecule has 0 saturated heterocycles. The highest BCUT2D eigenvalue weighted by molar-refractivity contribution is 14.0. The SMILES string of the molecule is CN=C(NCCNS(=O)(=O)c1cccs1)NCC(=O)NC(C)(C)C.I. The molecule has 8 nitrogen and oxygen atoms in total. The van der Waals surface area contributed by atoms with Crippen molar-refractivity contribution < 1.29 is 13.2 Å². The Morgan fingerprint density at radius 2 is 1.92 bits per heavy atom. The lowest BCUT2D eigenvalue weighted by atomic mass is 10.1. The molecule has 144 valence electrons. The van der Waals surface area contributed by atoms with E-state index < -0.39 is 10.0 Å². The molecular formula is C14H26IN5O3S2. The van der Waals surface area contributed by atoms with Crippen LogP contribution >= 0.6 is 35.3 Å². The Labute approximate surface area is 170 Å². The Morgan fingerprint density at radius 1 is 1.24 bits per heavy atom. The van der Waals surface area contributed by atoms with Crippen LogP contribution in [0.25, 0.3) is 0 Å². The summed E-state index contributed by atoms with van der Waals surface area (Å²) in [6, 6.07) is 3.24. The van der Waals surface area contributed by atoms with Gasteiger partial charge in [0.05, 0.1) is 6.54 Å². The molecule has 0 unspecified atom stereocenters. The lowest BCUT2D eigenvalue weighted by molar-refractivity contribution is -0.121. The molecule has 0 aliphatic heterocycles. The molecule has 0 fully saturated rings. The number of rotatable bonds is 7. The Hall–Kier alpha value is -0.920. The zero-order valence-corrected chi connectivity index (χ0v) is 18.7. The van der Waals surface area contributed by atoms with Crippen LogP contribution in [-0.4, -0.2) is 52.5 Å². The third kappa shape index (κ3) is 9.97. The number of guanidine groups is 1. The molecule has 1 heterocycles. The molecule has 1 rings (SSSR count). The average molecular weight is 503 g/mol. The van der Waals surface area contributed by atoms with Crippen LogP contribution in [0.3, 0.4) is 0 Å². The second-order valence-corrected chi connectivity index (χ2v) is 8.92. The molecule has 11 heteroatoms. The summed E-state index contributed by atoms with van der Waals surface area (Å²) in [7, 11) is -1.89. The van der Waals surface area contributed by atoms with Crippen LogP contribution in [0, 0.1) is 0 Å². The predicted molar refractivity (Wildman–Crippen MR) is 112 cm³/mol. The summed E-state index contributed by atoms with van der Waals surface area (Å²) in [5.41, 5.74) is -0.296. The lowest BCUT2D eigenvalue weighted by Crippen LogP contribution is -2.48.